The van der Waals surface area contributed by atoms with E-state index in [2.05, 4.69) is 6.07 Å². The fourth-order valence-electron chi connectivity index (χ4n) is 2.47. The van der Waals surface area contributed by atoms with E-state index in [1.54, 1.807) is 42.5 Å². The predicted molar refractivity (Wildman–Crippen MR) is 112 cm³/mol. The third kappa shape index (κ3) is 5.05. The Labute approximate surface area is 173 Å². The van der Waals surface area contributed by atoms with Crippen LogP contribution in [0.1, 0.15) is 16.7 Å². The Morgan fingerprint density at radius 2 is 1.67 bits per heavy atom. The first-order valence-corrected chi connectivity index (χ1v) is 9.23. The molecule has 3 rings (SSSR count). The predicted octanol–water partition coefficient (Wildman–Crippen LogP) is 7.29. The van der Waals surface area contributed by atoms with Gasteiger partial charge in [0.1, 0.15) is 12.4 Å². The second-order valence-electron chi connectivity index (χ2n) is 5.75. The molecule has 2 nitrogen and oxygen atoms in total. The molecule has 0 radical (unpaired) electrons. The first-order chi connectivity index (χ1) is 13.1. The SMILES string of the molecule is N#C/C(=C\c1ccc(OCc2ccccc2Cl)c(Cl)c1)c1ccc(Cl)cc1. The third-order valence-corrected chi connectivity index (χ3v) is 4.80. The standard InChI is InChI=1S/C22H14Cl3NO/c23-19-8-6-16(7-9-19)18(13-26)11-15-5-10-22(21(25)12-15)27-14-17-3-1-2-4-20(17)24/h1-12H,14H2/b18-11+. The number of rotatable bonds is 5. The molecule has 0 fully saturated rings. The summed E-state index contributed by atoms with van der Waals surface area (Å²) in [6.45, 7) is 0.322. The van der Waals surface area contributed by atoms with Crippen LogP contribution in [-0.4, -0.2) is 0 Å². The molecule has 0 atom stereocenters. The minimum Gasteiger partial charge on any atom is -0.487 e. The normalized spacial score (nSPS) is 11.1. The third-order valence-electron chi connectivity index (χ3n) is 3.88. The average Bonchev–Trinajstić information content (AvgIpc) is 2.67. The average molecular weight is 415 g/mol. The van der Waals surface area contributed by atoms with Gasteiger partial charge in [-0.15, -0.1) is 0 Å². The number of benzene rings is 3. The summed E-state index contributed by atoms with van der Waals surface area (Å²) in [4.78, 5) is 0. The molecule has 0 aliphatic carbocycles. The van der Waals surface area contributed by atoms with Gasteiger partial charge in [0.2, 0.25) is 0 Å². The maximum atomic E-state index is 9.45. The molecule has 0 saturated heterocycles. The number of hydrogen-bond donors (Lipinski definition) is 0. The van der Waals surface area contributed by atoms with Gasteiger partial charge in [-0.05, 0) is 47.5 Å². The molecule has 0 aromatic heterocycles. The smallest absolute Gasteiger partial charge is 0.138 e. The monoisotopic (exact) mass is 413 g/mol. The molecule has 0 N–H and O–H groups in total. The van der Waals surface area contributed by atoms with Gasteiger partial charge in [0, 0.05) is 15.6 Å². The van der Waals surface area contributed by atoms with Gasteiger partial charge < -0.3 is 4.74 Å². The summed E-state index contributed by atoms with van der Waals surface area (Å²) in [6, 6.07) is 22.2. The van der Waals surface area contributed by atoms with E-state index < -0.39 is 0 Å². The van der Waals surface area contributed by atoms with E-state index in [1.807, 2.05) is 30.3 Å². The topological polar surface area (TPSA) is 33.0 Å². The van der Waals surface area contributed by atoms with Gasteiger partial charge in [0.05, 0.1) is 16.7 Å². The highest BCUT2D eigenvalue weighted by Crippen LogP contribution is 2.29. The van der Waals surface area contributed by atoms with Crippen molar-refractivity contribution >= 4 is 46.5 Å². The van der Waals surface area contributed by atoms with Crippen molar-refractivity contribution in [2.45, 2.75) is 6.61 Å². The van der Waals surface area contributed by atoms with Gasteiger partial charge in [-0.2, -0.15) is 5.26 Å². The molecule has 3 aromatic rings. The summed E-state index contributed by atoms with van der Waals surface area (Å²) in [7, 11) is 0. The van der Waals surface area contributed by atoms with Crippen molar-refractivity contribution in [3.63, 3.8) is 0 Å². The fraction of sp³-hybridized carbons (Fsp3) is 0.0455. The fourth-order valence-corrected chi connectivity index (χ4v) is 3.03. The molecule has 27 heavy (non-hydrogen) atoms. The second-order valence-corrected chi connectivity index (χ2v) is 7.00. The lowest BCUT2D eigenvalue weighted by Crippen LogP contribution is -1.96. The summed E-state index contributed by atoms with van der Waals surface area (Å²) >= 11 is 18.4. The molecule has 3 aromatic carbocycles. The van der Waals surface area contributed by atoms with Crippen molar-refractivity contribution in [2.24, 2.45) is 0 Å². The van der Waals surface area contributed by atoms with E-state index in [9.17, 15) is 5.26 Å². The Kier molecular flexibility index (Phi) is 6.42. The van der Waals surface area contributed by atoms with E-state index in [-0.39, 0.29) is 0 Å². The van der Waals surface area contributed by atoms with Crippen molar-refractivity contribution in [1.82, 2.24) is 0 Å². The van der Waals surface area contributed by atoms with E-state index in [1.165, 1.54) is 0 Å². The first-order valence-electron chi connectivity index (χ1n) is 8.10. The summed E-state index contributed by atoms with van der Waals surface area (Å²) in [5, 5.41) is 11.2. The maximum Gasteiger partial charge on any atom is 0.138 e. The Balaban J connectivity index is 1.78. The van der Waals surface area contributed by atoms with Crippen molar-refractivity contribution in [3.8, 4) is 11.8 Å². The number of halogens is 3. The zero-order valence-corrected chi connectivity index (χ0v) is 16.4. The van der Waals surface area contributed by atoms with E-state index >= 15 is 0 Å². The molecular formula is C22H14Cl3NO. The molecular weight excluding hydrogens is 401 g/mol. The Hall–Kier alpha value is -2.44. The van der Waals surface area contributed by atoms with Crippen LogP contribution in [-0.2, 0) is 6.61 Å². The molecule has 0 heterocycles. The number of ether oxygens (including phenoxy) is 1. The molecule has 5 heteroatoms. The van der Waals surface area contributed by atoms with E-state index in [4.69, 9.17) is 39.5 Å². The van der Waals surface area contributed by atoms with Crippen LogP contribution in [0.25, 0.3) is 11.6 Å². The van der Waals surface area contributed by atoms with Crippen molar-refractivity contribution in [3.05, 3.63) is 98.5 Å². The lowest BCUT2D eigenvalue weighted by molar-refractivity contribution is 0.306. The quantitative estimate of drug-likeness (QED) is 0.324. The zero-order valence-electron chi connectivity index (χ0n) is 14.1. The van der Waals surface area contributed by atoms with Gasteiger partial charge in [-0.1, -0.05) is 71.2 Å². The molecule has 0 aliphatic heterocycles. The Bertz CT molecular complexity index is 1020. The van der Waals surface area contributed by atoms with Gasteiger partial charge in [-0.25, -0.2) is 0 Å². The van der Waals surface area contributed by atoms with Crippen LogP contribution in [0.5, 0.6) is 5.75 Å². The van der Waals surface area contributed by atoms with Crippen LogP contribution in [0.4, 0.5) is 0 Å². The maximum absolute atomic E-state index is 9.45. The van der Waals surface area contributed by atoms with Crippen LogP contribution in [0.2, 0.25) is 15.1 Å². The zero-order chi connectivity index (χ0) is 19.2. The Morgan fingerprint density at radius 1 is 0.926 bits per heavy atom. The van der Waals surface area contributed by atoms with Gasteiger partial charge in [0.25, 0.3) is 0 Å². The highest BCUT2D eigenvalue weighted by Gasteiger charge is 2.07. The molecule has 0 saturated carbocycles. The van der Waals surface area contributed by atoms with Crippen molar-refractivity contribution < 1.29 is 4.74 Å². The molecule has 0 spiro atoms. The highest BCUT2D eigenvalue weighted by atomic mass is 35.5. The Morgan fingerprint density at radius 3 is 2.33 bits per heavy atom. The van der Waals surface area contributed by atoms with E-state index in [0.717, 1.165) is 16.7 Å². The van der Waals surface area contributed by atoms with Crippen LogP contribution < -0.4 is 4.74 Å². The molecule has 134 valence electrons. The number of nitrogens with zero attached hydrogens (tertiary/aromatic N) is 1. The largest absolute Gasteiger partial charge is 0.487 e. The van der Waals surface area contributed by atoms with E-state index in [0.29, 0.717) is 33.0 Å². The summed E-state index contributed by atoms with van der Waals surface area (Å²) < 4.78 is 5.77. The van der Waals surface area contributed by atoms with Crippen molar-refractivity contribution in [2.75, 3.05) is 0 Å². The van der Waals surface area contributed by atoms with Gasteiger partial charge in [0.15, 0.2) is 0 Å². The van der Waals surface area contributed by atoms with Crippen LogP contribution in [0.3, 0.4) is 0 Å². The molecule has 0 aliphatic rings. The highest BCUT2D eigenvalue weighted by molar-refractivity contribution is 6.32. The molecule has 0 bridgehead atoms. The lowest BCUT2D eigenvalue weighted by Gasteiger charge is -2.10. The molecule has 0 amide bonds. The minimum atomic E-state index is 0.322. The first kappa shape index (κ1) is 19.3. The van der Waals surface area contributed by atoms with Crippen LogP contribution >= 0.6 is 34.8 Å². The number of allylic oxidation sites excluding steroid dienone is 1. The molecule has 0 unspecified atom stereocenters. The second kappa shape index (κ2) is 8.97. The van der Waals surface area contributed by atoms with Crippen LogP contribution in [0.15, 0.2) is 66.7 Å². The summed E-state index contributed by atoms with van der Waals surface area (Å²) in [5.74, 6) is 0.554. The number of hydrogen-bond acceptors (Lipinski definition) is 2. The lowest BCUT2D eigenvalue weighted by atomic mass is 10.0. The minimum absolute atomic E-state index is 0.322. The van der Waals surface area contributed by atoms with Gasteiger partial charge in [-0.3, -0.25) is 0 Å². The summed E-state index contributed by atoms with van der Waals surface area (Å²) in [5.41, 5.74) is 3.00. The summed E-state index contributed by atoms with van der Waals surface area (Å²) in [6.07, 6.45) is 1.77. The van der Waals surface area contributed by atoms with Gasteiger partial charge >= 0.3 is 0 Å². The van der Waals surface area contributed by atoms with Crippen LogP contribution in [0, 0.1) is 11.3 Å². The van der Waals surface area contributed by atoms with Crippen molar-refractivity contribution in [1.29, 1.82) is 5.26 Å². The number of nitriles is 1.